The summed E-state index contributed by atoms with van der Waals surface area (Å²) in [6, 6.07) is 10.5. The van der Waals surface area contributed by atoms with Crippen LogP contribution in [0.4, 0.5) is 5.69 Å². The number of hydrogen-bond acceptors (Lipinski definition) is 4. The highest BCUT2D eigenvalue weighted by Gasteiger charge is 2.66. The predicted molar refractivity (Wildman–Crippen MR) is 131 cm³/mol. The van der Waals surface area contributed by atoms with Crippen LogP contribution in [0, 0.1) is 34.5 Å². The average molecular weight is 450 g/mol. The third-order valence-electron chi connectivity index (χ3n) is 10.5. The minimum atomic E-state index is -1.18. The molecule has 0 aliphatic heterocycles. The van der Waals surface area contributed by atoms with Crippen LogP contribution in [0.15, 0.2) is 42.0 Å². The molecular weight excluding hydrogens is 410 g/mol. The van der Waals surface area contributed by atoms with E-state index in [-0.39, 0.29) is 22.4 Å². The Morgan fingerprint density at radius 3 is 2.48 bits per heavy atom. The summed E-state index contributed by atoms with van der Waals surface area (Å²) < 4.78 is 0. The number of para-hydroxylation sites is 1. The van der Waals surface area contributed by atoms with Crippen LogP contribution >= 0.6 is 0 Å². The van der Waals surface area contributed by atoms with E-state index in [1.165, 1.54) is 11.3 Å². The fourth-order valence-electron chi connectivity index (χ4n) is 8.67. The van der Waals surface area contributed by atoms with Gasteiger partial charge in [0.2, 0.25) is 0 Å². The van der Waals surface area contributed by atoms with Crippen LogP contribution < -0.4 is 4.90 Å². The Labute approximate surface area is 198 Å². The Morgan fingerprint density at radius 2 is 1.79 bits per heavy atom. The zero-order chi connectivity index (χ0) is 23.6. The van der Waals surface area contributed by atoms with Crippen molar-refractivity contribution in [1.29, 1.82) is 0 Å². The molecule has 4 aliphatic carbocycles. The van der Waals surface area contributed by atoms with Crippen LogP contribution in [0.25, 0.3) is 0 Å². The minimum Gasteiger partial charge on any atom is -0.382 e. The van der Waals surface area contributed by atoms with E-state index in [0.29, 0.717) is 36.5 Å². The second kappa shape index (κ2) is 7.80. The number of carbonyl (C=O) groups is 2. The van der Waals surface area contributed by atoms with Gasteiger partial charge in [-0.3, -0.25) is 9.59 Å². The van der Waals surface area contributed by atoms with Crippen molar-refractivity contribution in [2.45, 2.75) is 71.3 Å². The molecule has 0 heterocycles. The Balaban J connectivity index is 1.51. The van der Waals surface area contributed by atoms with Gasteiger partial charge in [0.25, 0.3) is 0 Å². The lowest BCUT2D eigenvalue weighted by Crippen LogP contribution is -2.58. The molecule has 0 amide bonds. The second-order valence-corrected chi connectivity index (χ2v) is 11.9. The van der Waals surface area contributed by atoms with Crippen molar-refractivity contribution in [2.24, 2.45) is 34.5 Å². The first-order valence-corrected chi connectivity index (χ1v) is 12.8. The Kier molecular flexibility index (Phi) is 5.39. The van der Waals surface area contributed by atoms with Gasteiger partial charge in [0, 0.05) is 31.1 Å². The standard InChI is InChI=1S/C29H39NO3/c1-19(31)29(33)15-12-25-23-16-20(18-30(4)21-8-6-5-7-9-21)26-17-22(32)10-13-27(26,2)24(23)11-14-28(25,29)3/h5-9,17,20,23-25,33H,10-16,18H2,1-4H3/t20?,23?,24?,25?,27?,28?,29-/m0/s1. The minimum absolute atomic E-state index is 0.0390. The predicted octanol–water partition coefficient (Wildman–Crippen LogP) is 5.20. The molecule has 6 unspecified atom stereocenters. The lowest BCUT2D eigenvalue weighted by atomic mass is 9.44. The van der Waals surface area contributed by atoms with Gasteiger partial charge in [0.05, 0.1) is 0 Å². The van der Waals surface area contributed by atoms with E-state index < -0.39 is 5.60 Å². The molecule has 0 spiro atoms. The maximum Gasteiger partial charge on any atom is 0.161 e. The van der Waals surface area contributed by atoms with E-state index >= 15 is 0 Å². The molecule has 3 fully saturated rings. The maximum atomic E-state index is 12.6. The normalized spacial score (nSPS) is 42.1. The summed E-state index contributed by atoms with van der Waals surface area (Å²) in [6.07, 6.45) is 8.09. The number of carbonyl (C=O) groups excluding carboxylic acids is 2. The second-order valence-electron chi connectivity index (χ2n) is 11.9. The van der Waals surface area contributed by atoms with E-state index in [9.17, 15) is 14.7 Å². The average Bonchev–Trinajstić information content (AvgIpc) is 3.07. The zero-order valence-corrected chi connectivity index (χ0v) is 20.6. The van der Waals surface area contributed by atoms with Crippen LogP contribution in [0.5, 0.6) is 0 Å². The summed E-state index contributed by atoms with van der Waals surface area (Å²) in [4.78, 5) is 27.5. The highest BCUT2D eigenvalue weighted by Crippen LogP contribution is 2.68. The number of anilines is 1. The van der Waals surface area contributed by atoms with Crippen LogP contribution in [-0.4, -0.2) is 35.9 Å². The van der Waals surface area contributed by atoms with Crippen molar-refractivity contribution >= 4 is 17.3 Å². The molecule has 5 rings (SSSR count). The molecule has 3 saturated carbocycles. The molecule has 4 aliphatic rings. The van der Waals surface area contributed by atoms with Crippen LogP contribution in [0.2, 0.25) is 0 Å². The van der Waals surface area contributed by atoms with E-state index in [4.69, 9.17) is 0 Å². The van der Waals surface area contributed by atoms with Crippen LogP contribution in [0.1, 0.15) is 65.7 Å². The van der Waals surface area contributed by atoms with Crippen LogP contribution in [0.3, 0.4) is 0 Å². The number of aliphatic hydroxyl groups is 1. The molecule has 4 heteroatoms. The Morgan fingerprint density at radius 1 is 1.09 bits per heavy atom. The third-order valence-corrected chi connectivity index (χ3v) is 10.5. The number of benzene rings is 1. The zero-order valence-electron chi connectivity index (χ0n) is 20.6. The lowest BCUT2D eigenvalue weighted by Gasteiger charge is -2.60. The molecule has 1 N–H and O–H groups in total. The molecule has 7 atom stereocenters. The largest absolute Gasteiger partial charge is 0.382 e. The van der Waals surface area contributed by atoms with Gasteiger partial charge in [-0.1, -0.05) is 37.6 Å². The van der Waals surface area contributed by atoms with Gasteiger partial charge in [0.1, 0.15) is 5.60 Å². The van der Waals surface area contributed by atoms with E-state index in [1.807, 2.05) is 12.1 Å². The van der Waals surface area contributed by atoms with Gasteiger partial charge in [0.15, 0.2) is 11.6 Å². The molecule has 4 nitrogen and oxygen atoms in total. The summed E-state index contributed by atoms with van der Waals surface area (Å²) in [6.45, 7) is 7.06. The summed E-state index contributed by atoms with van der Waals surface area (Å²) in [7, 11) is 2.15. The van der Waals surface area contributed by atoms with Crippen molar-refractivity contribution in [3.63, 3.8) is 0 Å². The summed E-state index contributed by atoms with van der Waals surface area (Å²) >= 11 is 0. The molecule has 1 aromatic carbocycles. The van der Waals surface area contributed by atoms with Crippen molar-refractivity contribution in [3.8, 4) is 0 Å². The summed E-state index contributed by atoms with van der Waals surface area (Å²) in [5.41, 5.74) is 1.09. The smallest absolute Gasteiger partial charge is 0.161 e. The summed E-state index contributed by atoms with van der Waals surface area (Å²) in [5.74, 6) is 1.92. The van der Waals surface area contributed by atoms with Gasteiger partial charge < -0.3 is 10.0 Å². The van der Waals surface area contributed by atoms with E-state index in [0.717, 1.165) is 38.6 Å². The molecule has 0 bridgehead atoms. The lowest BCUT2D eigenvalue weighted by molar-refractivity contribution is -0.161. The van der Waals surface area contributed by atoms with Crippen molar-refractivity contribution in [1.82, 2.24) is 0 Å². The number of fused-ring (bicyclic) bond motifs is 5. The SMILES string of the molecule is CC(=O)[C@@]1(O)CCC2C3CC(CN(C)c4ccccc4)C4=CC(=O)CCC4(C)C3CCC21C. The van der Waals surface area contributed by atoms with Gasteiger partial charge in [-0.25, -0.2) is 0 Å². The highest BCUT2D eigenvalue weighted by molar-refractivity contribution is 5.92. The van der Waals surface area contributed by atoms with Crippen LogP contribution in [-0.2, 0) is 9.59 Å². The number of Topliss-reactive ketones (excluding diaryl/α,β-unsaturated/α-hetero) is 1. The van der Waals surface area contributed by atoms with E-state index in [1.54, 1.807) is 6.92 Å². The Bertz CT molecular complexity index is 986. The van der Waals surface area contributed by atoms with Gasteiger partial charge in [-0.15, -0.1) is 0 Å². The molecule has 1 aromatic rings. The molecule has 33 heavy (non-hydrogen) atoms. The molecular formula is C29H39NO3. The summed E-state index contributed by atoms with van der Waals surface area (Å²) in [5, 5.41) is 11.5. The number of ketones is 2. The number of nitrogens with zero attached hydrogens (tertiary/aromatic N) is 1. The van der Waals surface area contributed by atoms with Crippen molar-refractivity contribution in [3.05, 3.63) is 42.0 Å². The van der Waals surface area contributed by atoms with Crippen molar-refractivity contribution in [2.75, 3.05) is 18.5 Å². The topological polar surface area (TPSA) is 57.6 Å². The van der Waals surface area contributed by atoms with E-state index in [2.05, 4.69) is 50.1 Å². The van der Waals surface area contributed by atoms with Gasteiger partial charge >= 0.3 is 0 Å². The molecule has 0 saturated heterocycles. The van der Waals surface area contributed by atoms with Crippen molar-refractivity contribution < 1.29 is 14.7 Å². The molecule has 178 valence electrons. The Hall–Kier alpha value is -1.94. The number of rotatable bonds is 4. The first kappa shape index (κ1) is 22.8. The fraction of sp³-hybridized carbons (Fsp3) is 0.655. The number of hydrogen-bond donors (Lipinski definition) is 1. The highest BCUT2D eigenvalue weighted by atomic mass is 16.3. The quantitative estimate of drug-likeness (QED) is 0.686. The first-order chi connectivity index (χ1) is 15.6. The van der Waals surface area contributed by atoms with Gasteiger partial charge in [-0.2, -0.15) is 0 Å². The first-order valence-electron chi connectivity index (χ1n) is 12.8. The molecule has 0 radical (unpaired) electrons. The monoisotopic (exact) mass is 449 g/mol. The third kappa shape index (κ3) is 3.27. The maximum absolute atomic E-state index is 12.6. The van der Waals surface area contributed by atoms with Gasteiger partial charge in [-0.05, 0) is 92.7 Å². The fourth-order valence-corrected chi connectivity index (χ4v) is 8.67. The molecule has 0 aromatic heterocycles.